The predicted octanol–water partition coefficient (Wildman–Crippen LogP) is 4.79. The molecule has 3 rings (SSSR count). The van der Waals surface area contributed by atoms with E-state index in [2.05, 4.69) is 11.1 Å². The number of hydrogen-bond donors (Lipinski definition) is 0. The third-order valence-corrected chi connectivity index (χ3v) is 5.08. The van der Waals surface area contributed by atoms with E-state index in [1.54, 1.807) is 28.8 Å². The van der Waals surface area contributed by atoms with E-state index in [1.807, 2.05) is 32.0 Å². The van der Waals surface area contributed by atoms with Crippen molar-refractivity contribution in [1.29, 1.82) is 5.26 Å². The summed E-state index contributed by atoms with van der Waals surface area (Å²) in [6.45, 7) is 3.91. The summed E-state index contributed by atoms with van der Waals surface area (Å²) in [7, 11) is 0. The number of nitrogens with zero attached hydrogens (tertiary/aromatic N) is 3. The van der Waals surface area contributed by atoms with Crippen LogP contribution < -0.4 is 5.56 Å². The van der Waals surface area contributed by atoms with E-state index in [-0.39, 0.29) is 11.6 Å². The number of nitriles is 1. The van der Waals surface area contributed by atoms with Crippen molar-refractivity contribution in [2.45, 2.75) is 30.8 Å². The molecule has 0 unspecified atom stereocenters. The van der Waals surface area contributed by atoms with E-state index in [0.717, 1.165) is 5.56 Å². The molecular formula is C19H16ClN3OS. The van der Waals surface area contributed by atoms with Crippen LogP contribution in [0.25, 0.3) is 10.9 Å². The molecule has 0 aliphatic carbocycles. The Morgan fingerprint density at radius 3 is 2.76 bits per heavy atom. The van der Waals surface area contributed by atoms with Crippen LogP contribution in [-0.4, -0.2) is 9.55 Å². The summed E-state index contributed by atoms with van der Waals surface area (Å²) in [6, 6.07) is 14.8. The van der Waals surface area contributed by atoms with Gasteiger partial charge in [-0.3, -0.25) is 9.36 Å². The highest BCUT2D eigenvalue weighted by molar-refractivity contribution is 7.98. The Morgan fingerprint density at radius 2 is 2.04 bits per heavy atom. The number of halogens is 1. The molecule has 0 fully saturated rings. The number of rotatable bonds is 4. The van der Waals surface area contributed by atoms with Crippen LogP contribution in [0.4, 0.5) is 0 Å². The molecule has 6 heteroatoms. The van der Waals surface area contributed by atoms with Gasteiger partial charge in [-0.25, -0.2) is 4.98 Å². The summed E-state index contributed by atoms with van der Waals surface area (Å²) in [5, 5.41) is 11.0. The number of fused-ring (bicyclic) bond motifs is 1. The van der Waals surface area contributed by atoms with Crippen molar-refractivity contribution in [3.63, 3.8) is 0 Å². The minimum Gasteiger partial charge on any atom is -0.285 e. The van der Waals surface area contributed by atoms with Crippen LogP contribution in [0.15, 0.2) is 52.4 Å². The maximum absolute atomic E-state index is 12.9. The van der Waals surface area contributed by atoms with Gasteiger partial charge >= 0.3 is 0 Å². The molecule has 0 bridgehead atoms. The minimum atomic E-state index is -0.0762. The third-order valence-electron chi connectivity index (χ3n) is 3.84. The molecule has 0 atom stereocenters. The number of thioether (sulfide) groups is 1. The van der Waals surface area contributed by atoms with Crippen LogP contribution in [0.2, 0.25) is 5.02 Å². The zero-order valence-corrected chi connectivity index (χ0v) is 15.4. The standard InChI is InChI=1S/C19H16ClN3OS/c1-12(2)23-18(24)16-8-7-15(20)9-17(16)22-19(23)25-11-14-6-4-3-5-13(14)10-21/h3-9,12H,11H2,1-2H3. The molecule has 0 saturated heterocycles. The highest BCUT2D eigenvalue weighted by Crippen LogP contribution is 2.26. The molecule has 3 aromatic rings. The fraction of sp³-hybridized carbons (Fsp3) is 0.211. The molecule has 0 radical (unpaired) electrons. The van der Waals surface area contributed by atoms with Gasteiger partial charge in [0.2, 0.25) is 0 Å². The monoisotopic (exact) mass is 369 g/mol. The third kappa shape index (κ3) is 3.55. The molecular weight excluding hydrogens is 354 g/mol. The molecule has 126 valence electrons. The van der Waals surface area contributed by atoms with Crippen molar-refractivity contribution < 1.29 is 0 Å². The molecule has 25 heavy (non-hydrogen) atoms. The molecule has 0 spiro atoms. The van der Waals surface area contributed by atoms with Gasteiger partial charge in [-0.1, -0.05) is 41.6 Å². The highest BCUT2D eigenvalue weighted by atomic mass is 35.5. The van der Waals surface area contributed by atoms with E-state index in [0.29, 0.717) is 32.4 Å². The molecule has 1 heterocycles. The fourth-order valence-electron chi connectivity index (χ4n) is 2.61. The Labute approximate surface area is 155 Å². The summed E-state index contributed by atoms with van der Waals surface area (Å²) in [4.78, 5) is 17.5. The lowest BCUT2D eigenvalue weighted by Gasteiger charge is -2.16. The van der Waals surface area contributed by atoms with Gasteiger partial charge < -0.3 is 0 Å². The SMILES string of the molecule is CC(C)n1c(SCc2ccccc2C#N)nc2cc(Cl)ccc2c1=O. The summed E-state index contributed by atoms with van der Waals surface area (Å²) >= 11 is 7.50. The van der Waals surface area contributed by atoms with Crippen molar-refractivity contribution in [2.24, 2.45) is 0 Å². The van der Waals surface area contributed by atoms with Gasteiger partial charge in [0.15, 0.2) is 5.16 Å². The molecule has 2 aromatic carbocycles. The van der Waals surface area contributed by atoms with Crippen LogP contribution in [0.3, 0.4) is 0 Å². The lowest BCUT2D eigenvalue weighted by molar-refractivity contribution is 0.519. The number of benzene rings is 2. The van der Waals surface area contributed by atoms with Crippen LogP contribution in [0, 0.1) is 11.3 Å². The first kappa shape index (κ1) is 17.5. The van der Waals surface area contributed by atoms with Crippen LogP contribution in [0.1, 0.15) is 31.0 Å². The van der Waals surface area contributed by atoms with Crippen molar-refractivity contribution in [3.05, 3.63) is 69.0 Å². The molecule has 0 amide bonds. The van der Waals surface area contributed by atoms with E-state index >= 15 is 0 Å². The zero-order chi connectivity index (χ0) is 18.0. The normalized spacial score (nSPS) is 11.0. The van der Waals surface area contributed by atoms with E-state index in [1.165, 1.54) is 11.8 Å². The Kier molecular flexibility index (Phi) is 5.12. The number of hydrogen-bond acceptors (Lipinski definition) is 4. The van der Waals surface area contributed by atoms with Crippen molar-refractivity contribution >= 4 is 34.3 Å². The van der Waals surface area contributed by atoms with Gasteiger partial charge in [-0.15, -0.1) is 0 Å². The molecule has 0 aliphatic heterocycles. The topological polar surface area (TPSA) is 58.7 Å². The van der Waals surface area contributed by atoms with Gasteiger partial charge in [0.25, 0.3) is 5.56 Å². The maximum atomic E-state index is 12.9. The second-order valence-electron chi connectivity index (χ2n) is 5.88. The average Bonchev–Trinajstić information content (AvgIpc) is 2.59. The second kappa shape index (κ2) is 7.30. The minimum absolute atomic E-state index is 0.0196. The second-order valence-corrected chi connectivity index (χ2v) is 7.26. The Hall–Kier alpha value is -2.29. The largest absolute Gasteiger partial charge is 0.285 e. The zero-order valence-electron chi connectivity index (χ0n) is 13.9. The molecule has 0 aliphatic rings. The van der Waals surface area contributed by atoms with Gasteiger partial charge in [0.05, 0.1) is 22.5 Å². The smallest absolute Gasteiger partial charge is 0.262 e. The summed E-state index contributed by atoms with van der Waals surface area (Å²) in [5.41, 5.74) is 2.07. The Morgan fingerprint density at radius 1 is 1.28 bits per heavy atom. The van der Waals surface area contributed by atoms with Crippen LogP contribution >= 0.6 is 23.4 Å². The summed E-state index contributed by atoms with van der Waals surface area (Å²) < 4.78 is 1.69. The fourth-order valence-corrected chi connectivity index (χ4v) is 3.90. The summed E-state index contributed by atoms with van der Waals surface area (Å²) in [6.07, 6.45) is 0. The maximum Gasteiger partial charge on any atom is 0.262 e. The first-order valence-corrected chi connectivity index (χ1v) is 9.20. The van der Waals surface area contributed by atoms with Crippen molar-refractivity contribution in [2.75, 3.05) is 0 Å². The summed E-state index contributed by atoms with van der Waals surface area (Å²) in [5.74, 6) is 0.564. The van der Waals surface area contributed by atoms with Gasteiger partial charge in [0, 0.05) is 16.8 Å². The van der Waals surface area contributed by atoms with E-state index < -0.39 is 0 Å². The Balaban J connectivity index is 2.07. The molecule has 0 N–H and O–H groups in total. The highest BCUT2D eigenvalue weighted by Gasteiger charge is 2.15. The average molecular weight is 370 g/mol. The van der Waals surface area contributed by atoms with Gasteiger partial charge in [-0.05, 0) is 43.7 Å². The van der Waals surface area contributed by atoms with Gasteiger partial charge in [0.1, 0.15) is 0 Å². The molecule has 4 nitrogen and oxygen atoms in total. The van der Waals surface area contributed by atoms with Crippen LogP contribution in [0.5, 0.6) is 0 Å². The molecule has 0 saturated carbocycles. The lowest BCUT2D eigenvalue weighted by Crippen LogP contribution is -2.25. The Bertz CT molecular complexity index is 1040. The van der Waals surface area contributed by atoms with Crippen molar-refractivity contribution in [3.8, 4) is 6.07 Å². The first-order chi connectivity index (χ1) is 12.0. The van der Waals surface area contributed by atoms with E-state index in [4.69, 9.17) is 11.6 Å². The van der Waals surface area contributed by atoms with E-state index in [9.17, 15) is 10.1 Å². The van der Waals surface area contributed by atoms with Gasteiger partial charge in [-0.2, -0.15) is 5.26 Å². The predicted molar refractivity (Wildman–Crippen MR) is 102 cm³/mol. The molecule has 1 aromatic heterocycles. The quantitative estimate of drug-likeness (QED) is 0.489. The van der Waals surface area contributed by atoms with Crippen LogP contribution in [-0.2, 0) is 5.75 Å². The lowest BCUT2D eigenvalue weighted by atomic mass is 10.1. The van der Waals surface area contributed by atoms with Crippen molar-refractivity contribution in [1.82, 2.24) is 9.55 Å². The first-order valence-electron chi connectivity index (χ1n) is 7.84. The number of aromatic nitrogens is 2.